The predicted molar refractivity (Wildman–Crippen MR) is 55.6 cm³/mol. The maximum atomic E-state index is 13.0. The Bertz CT molecular complexity index is 447. The maximum absolute atomic E-state index is 13.0. The molecule has 1 heterocycles. The Labute approximate surface area is 80.0 Å². The first kappa shape index (κ1) is 8.51. The van der Waals surface area contributed by atoms with E-state index in [2.05, 4.69) is 13.0 Å². The van der Waals surface area contributed by atoms with Crippen LogP contribution in [0.3, 0.4) is 0 Å². The van der Waals surface area contributed by atoms with Gasteiger partial charge in [0.25, 0.3) is 0 Å². The smallest absolute Gasteiger partial charge is 0.147 e. The molecule has 1 nitrogen and oxygen atoms in total. The first-order valence-electron chi connectivity index (χ1n) is 4.18. The largest absolute Gasteiger partial charge is 0.395 e. The molecule has 1 aromatic carbocycles. The van der Waals surface area contributed by atoms with Crippen molar-refractivity contribution in [3.05, 3.63) is 28.9 Å². The van der Waals surface area contributed by atoms with E-state index in [-0.39, 0.29) is 11.5 Å². The summed E-state index contributed by atoms with van der Waals surface area (Å²) >= 11 is 1.57. The summed E-state index contributed by atoms with van der Waals surface area (Å²) in [4.78, 5) is 1.24. The fourth-order valence-electron chi connectivity index (χ4n) is 1.33. The molecular formula is C10H10FNS. The molecule has 0 aliphatic heterocycles. The number of rotatable bonds is 1. The molecule has 0 atom stereocenters. The quantitative estimate of drug-likeness (QED) is 0.695. The molecule has 0 saturated carbocycles. The Kier molecular flexibility index (Phi) is 1.96. The number of thiophene rings is 1. The summed E-state index contributed by atoms with van der Waals surface area (Å²) < 4.78 is 13.9. The summed E-state index contributed by atoms with van der Waals surface area (Å²) in [7, 11) is 0. The highest BCUT2D eigenvalue weighted by Gasteiger charge is 2.06. The molecule has 0 saturated heterocycles. The summed E-state index contributed by atoms with van der Waals surface area (Å²) in [6.45, 7) is 2.08. The van der Waals surface area contributed by atoms with E-state index < -0.39 is 0 Å². The van der Waals surface area contributed by atoms with Gasteiger partial charge < -0.3 is 5.73 Å². The van der Waals surface area contributed by atoms with E-state index in [4.69, 9.17) is 5.73 Å². The van der Waals surface area contributed by atoms with Gasteiger partial charge in [0.05, 0.1) is 10.4 Å². The van der Waals surface area contributed by atoms with Crippen molar-refractivity contribution >= 4 is 27.1 Å². The van der Waals surface area contributed by atoms with Crippen LogP contribution in [0.15, 0.2) is 18.2 Å². The van der Waals surface area contributed by atoms with Crippen molar-refractivity contribution in [1.29, 1.82) is 0 Å². The van der Waals surface area contributed by atoms with Gasteiger partial charge in [-0.1, -0.05) is 13.0 Å². The maximum Gasteiger partial charge on any atom is 0.147 e. The predicted octanol–water partition coefficient (Wildman–Crippen LogP) is 3.19. The van der Waals surface area contributed by atoms with Crippen molar-refractivity contribution < 1.29 is 4.39 Å². The highest BCUT2D eigenvalue weighted by molar-refractivity contribution is 7.19. The summed E-state index contributed by atoms with van der Waals surface area (Å²) in [5.74, 6) is -0.322. The number of nitrogens with two attached hydrogens (primary N) is 1. The lowest BCUT2D eigenvalue weighted by atomic mass is 10.2. The van der Waals surface area contributed by atoms with Gasteiger partial charge in [0.1, 0.15) is 5.82 Å². The van der Waals surface area contributed by atoms with Gasteiger partial charge in [0, 0.05) is 4.88 Å². The van der Waals surface area contributed by atoms with E-state index in [0.717, 1.165) is 16.5 Å². The lowest BCUT2D eigenvalue weighted by Crippen LogP contribution is -1.88. The monoisotopic (exact) mass is 195 g/mol. The Hall–Kier alpha value is -1.09. The van der Waals surface area contributed by atoms with Gasteiger partial charge in [0.15, 0.2) is 0 Å². The van der Waals surface area contributed by atoms with Gasteiger partial charge in [-0.3, -0.25) is 0 Å². The highest BCUT2D eigenvalue weighted by atomic mass is 32.1. The van der Waals surface area contributed by atoms with Crippen LogP contribution in [-0.4, -0.2) is 0 Å². The van der Waals surface area contributed by atoms with Gasteiger partial charge in [-0.25, -0.2) is 4.39 Å². The number of aryl methyl sites for hydroxylation is 1. The molecule has 0 amide bonds. The van der Waals surface area contributed by atoms with E-state index in [9.17, 15) is 4.39 Å². The van der Waals surface area contributed by atoms with E-state index in [1.807, 2.05) is 0 Å². The zero-order valence-electron chi connectivity index (χ0n) is 7.30. The SMILES string of the molecule is CCc1cc2ccc(F)c(N)c2s1. The molecule has 0 radical (unpaired) electrons. The Morgan fingerprint density at radius 3 is 2.92 bits per heavy atom. The fourth-order valence-corrected chi connectivity index (χ4v) is 2.37. The normalized spacial score (nSPS) is 10.9. The zero-order chi connectivity index (χ0) is 9.42. The molecule has 0 aliphatic rings. The van der Waals surface area contributed by atoms with E-state index in [1.165, 1.54) is 10.9 Å². The first-order valence-corrected chi connectivity index (χ1v) is 5.00. The van der Waals surface area contributed by atoms with Gasteiger partial charge in [-0.2, -0.15) is 0 Å². The number of anilines is 1. The molecule has 3 heteroatoms. The molecule has 13 heavy (non-hydrogen) atoms. The van der Waals surface area contributed by atoms with Gasteiger partial charge in [-0.15, -0.1) is 11.3 Å². The van der Waals surface area contributed by atoms with E-state index in [1.54, 1.807) is 17.4 Å². The van der Waals surface area contributed by atoms with Crippen LogP contribution in [-0.2, 0) is 6.42 Å². The molecule has 2 aromatic rings. The van der Waals surface area contributed by atoms with Crippen molar-refractivity contribution in [2.45, 2.75) is 13.3 Å². The minimum atomic E-state index is -0.322. The van der Waals surface area contributed by atoms with Gasteiger partial charge in [-0.05, 0) is 23.9 Å². The average Bonchev–Trinajstić information content (AvgIpc) is 2.55. The molecular weight excluding hydrogens is 185 g/mol. The summed E-state index contributed by atoms with van der Waals surface area (Å²) in [6, 6.07) is 5.26. The molecule has 0 fully saturated rings. The van der Waals surface area contributed by atoms with Crippen molar-refractivity contribution in [2.24, 2.45) is 0 Å². The van der Waals surface area contributed by atoms with E-state index in [0.29, 0.717) is 0 Å². The fraction of sp³-hybridized carbons (Fsp3) is 0.200. The van der Waals surface area contributed by atoms with Crippen LogP contribution in [0, 0.1) is 5.82 Å². The van der Waals surface area contributed by atoms with E-state index >= 15 is 0 Å². The standard InChI is InChI=1S/C10H10FNS/c1-2-7-5-6-3-4-8(11)9(12)10(6)13-7/h3-5H,2,12H2,1H3. The third kappa shape index (κ3) is 1.29. The second kappa shape index (κ2) is 3.00. The Morgan fingerprint density at radius 1 is 1.46 bits per heavy atom. The van der Waals surface area contributed by atoms with Crippen LogP contribution in [0.1, 0.15) is 11.8 Å². The molecule has 0 unspecified atom stereocenters. The summed E-state index contributed by atoms with van der Waals surface area (Å²) in [5.41, 5.74) is 5.90. The highest BCUT2D eigenvalue weighted by Crippen LogP contribution is 2.32. The van der Waals surface area contributed by atoms with Gasteiger partial charge >= 0.3 is 0 Å². The van der Waals surface area contributed by atoms with Crippen molar-refractivity contribution in [1.82, 2.24) is 0 Å². The third-order valence-corrected chi connectivity index (χ3v) is 3.40. The molecule has 0 spiro atoms. The topological polar surface area (TPSA) is 26.0 Å². The molecule has 0 aliphatic carbocycles. The molecule has 1 aromatic heterocycles. The molecule has 0 bridgehead atoms. The third-order valence-electron chi connectivity index (χ3n) is 2.07. The number of benzene rings is 1. The van der Waals surface area contributed by atoms with Crippen LogP contribution < -0.4 is 5.73 Å². The minimum absolute atomic E-state index is 0.280. The zero-order valence-corrected chi connectivity index (χ0v) is 8.12. The number of fused-ring (bicyclic) bond motifs is 1. The summed E-state index contributed by atoms with van der Waals surface area (Å²) in [5, 5.41) is 1.04. The molecule has 68 valence electrons. The summed E-state index contributed by atoms with van der Waals surface area (Å²) in [6.07, 6.45) is 0.973. The van der Waals surface area contributed by atoms with Crippen LogP contribution in [0.25, 0.3) is 10.1 Å². The van der Waals surface area contributed by atoms with Crippen LogP contribution in [0.5, 0.6) is 0 Å². The second-order valence-corrected chi connectivity index (χ2v) is 4.08. The van der Waals surface area contributed by atoms with Gasteiger partial charge in [0.2, 0.25) is 0 Å². The van der Waals surface area contributed by atoms with Crippen LogP contribution >= 0.6 is 11.3 Å². The lowest BCUT2D eigenvalue weighted by molar-refractivity contribution is 0.634. The Balaban J connectivity index is 2.76. The van der Waals surface area contributed by atoms with Crippen LogP contribution in [0.2, 0.25) is 0 Å². The number of nitrogen functional groups attached to an aromatic ring is 1. The molecule has 2 N–H and O–H groups in total. The number of hydrogen-bond donors (Lipinski definition) is 1. The second-order valence-electron chi connectivity index (χ2n) is 2.95. The van der Waals surface area contributed by atoms with Crippen molar-refractivity contribution in [3.8, 4) is 0 Å². The molecule has 2 rings (SSSR count). The minimum Gasteiger partial charge on any atom is -0.395 e. The Morgan fingerprint density at radius 2 is 2.23 bits per heavy atom. The van der Waals surface area contributed by atoms with Crippen molar-refractivity contribution in [2.75, 3.05) is 5.73 Å². The number of hydrogen-bond acceptors (Lipinski definition) is 2. The lowest BCUT2D eigenvalue weighted by Gasteiger charge is -1.95. The number of halogens is 1. The first-order chi connectivity index (χ1) is 6.22. The van der Waals surface area contributed by atoms with Crippen molar-refractivity contribution in [3.63, 3.8) is 0 Å². The average molecular weight is 195 g/mol. The van der Waals surface area contributed by atoms with Crippen LogP contribution in [0.4, 0.5) is 10.1 Å².